The summed E-state index contributed by atoms with van der Waals surface area (Å²) in [6.45, 7) is 4.01. The zero-order valence-corrected chi connectivity index (χ0v) is 16.3. The first-order valence-corrected chi connectivity index (χ1v) is 9.12. The van der Waals surface area contributed by atoms with E-state index in [0.717, 1.165) is 30.8 Å². The third kappa shape index (κ3) is 6.73. The van der Waals surface area contributed by atoms with Gasteiger partial charge in [0.1, 0.15) is 5.75 Å². The first-order valence-electron chi connectivity index (χ1n) is 9.12. The lowest BCUT2D eigenvalue weighted by Crippen LogP contribution is -2.33. The van der Waals surface area contributed by atoms with Crippen molar-refractivity contribution in [3.63, 3.8) is 0 Å². The van der Waals surface area contributed by atoms with Gasteiger partial charge >= 0.3 is 0 Å². The Balaban J connectivity index is 1.82. The SMILES string of the molecule is CCCOc1cccc(CCNC(N)=NCc2ccc(OC)c(OC)c2)c1. The summed E-state index contributed by atoms with van der Waals surface area (Å²) < 4.78 is 16.2. The van der Waals surface area contributed by atoms with Gasteiger partial charge in [0.15, 0.2) is 17.5 Å². The Kier molecular flexibility index (Phi) is 8.29. The molecule has 0 radical (unpaired) electrons. The first kappa shape index (κ1) is 20.4. The molecule has 6 nitrogen and oxygen atoms in total. The quantitative estimate of drug-likeness (QED) is 0.495. The molecular weight excluding hydrogens is 342 g/mol. The lowest BCUT2D eigenvalue weighted by Gasteiger charge is -2.10. The molecule has 2 aromatic carbocycles. The van der Waals surface area contributed by atoms with Crippen molar-refractivity contribution in [3.05, 3.63) is 53.6 Å². The van der Waals surface area contributed by atoms with Gasteiger partial charge in [0.2, 0.25) is 0 Å². The highest BCUT2D eigenvalue weighted by Gasteiger charge is 2.04. The average Bonchev–Trinajstić information content (AvgIpc) is 2.70. The number of methoxy groups -OCH3 is 2. The molecule has 3 N–H and O–H groups in total. The van der Waals surface area contributed by atoms with Crippen LogP contribution in [-0.2, 0) is 13.0 Å². The van der Waals surface area contributed by atoms with Crippen LogP contribution in [0.3, 0.4) is 0 Å². The molecular formula is C21H29N3O3. The molecule has 146 valence electrons. The van der Waals surface area contributed by atoms with Crippen LogP contribution in [0.1, 0.15) is 24.5 Å². The minimum Gasteiger partial charge on any atom is -0.494 e. The number of hydrogen-bond acceptors (Lipinski definition) is 4. The van der Waals surface area contributed by atoms with E-state index < -0.39 is 0 Å². The number of hydrogen-bond donors (Lipinski definition) is 2. The summed E-state index contributed by atoms with van der Waals surface area (Å²) >= 11 is 0. The molecule has 0 amide bonds. The van der Waals surface area contributed by atoms with Gasteiger partial charge in [-0.2, -0.15) is 0 Å². The van der Waals surface area contributed by atoms with Crippen molar-refractivity contribution >= 4 is 5.96 Å². The summed E-state index contributed by atoms with van der Waals surface area (Å²) in [5.74, 6) is 2.70. The second-order valence-corrected chi connectivity index (χ2v) is 6.06. The standard InChI is InChI=1S/C21H29N3O3/c1-4-12-27-18-7-5-6-16(13-18)10-11-23-21(22)24-15-17-8-9-19(25-2)20(14-17)26-3/h5-9,13-14H,4,10-12,15H2,1-3H3,(H3,22,23,24). The zero-order chi connectivity index (χ0) is 19.5. The van der Waals surface area contributed by atoms with Crippen molar-refractivity contribution < 1.29 is 14.2 Å². The maximum absolute atomic E-state index is 5.97. The van der Waals surface area contributed by atoms with E-state index in [1.54, 1.807) is 14.2 Å². The number of nitrogens with two attached hydrogens (primary N) is 1. The van der Waals surface area contributed by atoms with E-state index in [1.165, 1.54) is 5.56 Å². The summed E-state index contributed by atoms with van der Waals surface area (Å²) in [4.78, 5) is 4.38. The average molecular weight is 371 g/mol. The highest BCUT2D eigenvalue weighted by molar-refractivity contribution is 5.77. The van der Waals surface area contributed by atoms with Gasteiger partial charge in [0.25, 0.3) is 0 Å². The lowest BCUT2D eigenvalue weighted by molar-refractivity contribution is 0.317. The lowest BCUT2D eigenvalue weighted by atomic mass is 10.1. The number of ether oxygens (including phenoxy) is 3. The molecule has 2 aromatic rings. The fourth-order valence-corrected chi connectivity index (χ4v) is 2.56. The summed E-state index contributed by atoms with van der Waals surface area (Å²) in [6, 6.07) is 13.8. The number of nitrogens with zero attached hydrogens (tertiary/aromatic N) is 1. The Hall–Kier alpha value is -2.89. The Bertz CT molecular complexity index is 747. The summed E-state index contributed by atoms with van der Waals surface area (Å²) in [5.41, 5.74) is 8.16. The second-order valence-electron chi connectivity index (χ2n) is 6.06. The van der Waals surface area contributed by atoms with Crippen LogP contribution in [-0.4, -0.2) is 33.3 Å². The molecule has 0 aromatic heterocycles. The van der Waals surface area contributed by atoms with Crippen molar-refractivity contribution in [1.82, 2.24) is 5.32 Å². The normalized spacial score (nSPS) is 11.1. The summed E-state index contributed by atoms with van der Waals surface area (Å²) in [6.07, 6.45) is 1.84. The highest BCUT2D eigenvalue weighted by atomic mass is 16.5. The third-order valence-electron chi connectivity index (χ3n) is 3.97. The molecule has 0 aliphatic rings. The van der Waals surface area contributed by atoms with Gasteiger partial charge in [-0.3, -0.25) is 0 Å². The molecule has 0 saturated heterocycles. The fourth-order valence-electron chi connectivity index (χ4n) is 2.56. The molecule has 0 atom stereocenters. The molecule has 0 saturated carbocycles. The second kappa shape index (κ2) is 11.0. The van der Waals surface area contributed by atoms with E-state index in [9.17, 15) is 0 Å². The van der Waals surface area contributed by atoms with Gasteiger partial charge in [0, 0.05) is 6.54 Å². The molecule has 2 rings (SSSR count). The minimum absolute atomic E-state index is 0.420. The molecule has 27 heavy (non-hydrogen) atoms. The molecule has 0 aliphatic carbocycles. The van der Waals surface area contributed by atoms with E-state index in [-0.39, 0.29) is 0 Å². The van der Waals surface area contributed by atoms with Crippen LogP contribution >= 0.6 is 0 Å². The van der Waals surface area contributed by atoms with Gasteiger partial charge in [-0.15, -0.1) is 0 Å². The minimum atomic E-state index is 0.420. The maximum atomic E-state index is 5.97. The van der Waals surface area contributed by atoms with Gasteiger partial charge in [0.05, 0.1) is 27.4 Å². The van der Waals surface area contributed by atoms with E-state index >= 15 is 0 Å². The molecule has 0 spiro atoms. The van der Waals surface area contributed by atoms with E-state index in [2.05, 4.69) is 29.4 Å². The number of aliphatic imine (C=N–C) groups is 1. The van der Waals surface area contributed by atoms with Crippen LogP contribution in [0.5, 0.6) is 17.2 Å². The number of benzene rings is 2. The number of rotatable bonds is 10. The van der Waals surface area contributed by atoms with Crippen LogP contribution in [0.25, 0.3) is 0 Å². The molecule has 0 fully saturated rings. The monoisotopic (exact) mass is 371 g/mol. The Labute approximate surface area is 161 Å². The van der Waals surface area contributed by atoms with Crippen molar-refractivity contribution in [3.8, 4) is 17.2 Å². The molecule has 0 bridgehead atoms. The van der Waals surface area contributed by atoms with E-state index in [0.29, 0.717) is 30.5 Å². The largest absolute Gasteiger partial charge is 0.494 e. The topological polar surface area (TPSA) is 78.1 Å². The predicted molar refractivity (Wildman–Crippen MR) is 109 cm³/mol. The van der Waals surface area contributed by atoms with Crippen molar-refractivity contribution in [2.75, 3.05) is 27.4 Å². The van der Waals surface area contributed by atoms with Gasteiger partial charge in [-0.25, -0.2) is 4.99 Å². The van der Waals surface area contributed by atoms with Crippen LogP contribution < -0.4 is 25.3 Å². The van der Waals surface area contributed by atoms with Crippen LogP contribution in [0.15, 0.2) is 47.5 Å². The van der Waals surface area contributed by atoms with Gasteiger partial charge in [-0.05, 0) is 48.2 Å². The highest BCUT2D eigenvalue weighted by Crippen LogP contribution is 2.27. The van der Waals surface area contributed by atoms with Crippen molar-refractivity contribution in [2.45, 2.75) is 26.3 Å². The third-order valence-corrected chi connectivity index (χ3v) is 3.97. The zero-order valence-electron chi connectivity index (χ0n) is 16.3. The Morgan fingerprint density at radius 2 is 1.85 bits per heavy atom. The molecule has 0 unspecified atom stereocenters. The first-order chi connectivity index (χ1) is 13.2. The fraction of sp³-hybridized carbons (Fsp3) is 0.381. The van der Waals surface area contributed by atoms with Gasteiger partial charge < -0.3 is 25.3 Å². The maximum Gasteiger partial charge on any atom is 0.188 e. The van der Waals surface area contributed by atoms with Crippen LogP contribution in [0, 0.1) is 0 Å². The van der Waals surface area contributed by atoms with Crippen molar-refractivity contribution in [1.29, 1.82) is 0 Å². The number of guanidine groups is 1. The Morgan fingerprint density at radius 3 is 2.59 bits per heavy atom. The smallest absolute Gasteiger partial charge is 0.188 e. The van der Waals surface area contributed by atoms with E-state index in [4.69, 9.17) is 19.9 Å². The summed E-state index contributed by atoms with van der Waals surface area (Å²) in [7, 11) is 3.23. The summed E-state index contributed by atoms with van der Waals surface area (Å²) in [5, 5.41) is 3.15. The van der Waals surface area contributed by atoms with Crippen LogP contribution in [0.4, 0.5) is 0 Å². The van der Waals surface area contributed by atoms with Crippen molar-refractivity contribution in [2.24, 2.45) is 10.7 Å². The predicted octanol–water partition coefficient (Wildman–Crippen LogP) is 3.14. The molecule has 0 heterocycles. The van der Waals surface area contributed by atoms with Crippen LogP contribution in [0.2, 0.25) is 0 Å². The molecule has 0 aliphatic heterocycles. The number of nitrogens with one attached hydrogen (secondary N) is 1. The van der Waals surface area contributed by atoms with Gasteiger partial charge in [-0.1, -0.05) is 25.1 Å². The van der Waals surface area contributed by atoms with E-state index in [1.807, 2.05) is 30.3 Å². The Morgan fingerprint density at radius 1 is 1.04 bits per heavy atom. The molecule has 6 heteroatoms.